The third kappa shape index (κ3) is 2.59. The molecule has 3 aromatic rings. The first kappa shape index (κ1) is 15.9. The fraction of sp³-hybridized carbons (Fsp3) is 0.294. The van der Waals surface area contributed by atoms with Gasteiger partial charge in [0.15, 0.2) is 0 Å². The molecule has 1 amide bonds. The third-order valence-corrected chi connectivity index (χ3v) is 6.92. The number of thiophene rings is 1. The Morgan fingerprint density at radius 2 is 2.12 bits per heavy atom. The summed E-state index contributed by atoms with van der Waals surface area (Å²) in [6.07, 6.45) is 2.07. The van der Waals surface area contributed by atoms with Crippen molar-refractivity contribution in [2.45, 2.75) is 26.4 Å². The number of rotatable bonds is 2. The van der Waals surface area contributed by atoms with E-state index in [0.29, 0.717) is 0 Å². The van der Waals surface area contributed by atoms with Gasteiger partial charge >= 0.3 is 0 Å². The lowest BCUT2D eigenvalue weighted by molar-refractivity contribution is 0.0648. The van der Waals surface area contributed by atoms with Gasteiger partial charge in [0.2, 0.25) is 0 Å². The number of thiazole rings is 1. The Balaban J connectivity index is 1.65. The highest BCUT2D eigenvalue weighted by Crippen LogP contribution is 2.36. The van der Waals surface area contributed by atoms with Crippen LogP contribution in [0.1, 0.15) is 34.0 Å². The molecule has 0 saturated heterocycles. The predicted molar refractivity (Wildman–Crippen MR) is 99.1 cm³/mol. The van der Waals surface area contributed by atoms with Gasteiger partial charge in [-0.15, -0.1) is 22.7 Å². The topological polar surface area (TPSA) is 38.1 Å². The molecule has 0 radical (unpaired) electrons. The second kappa shape index (κ2) is 6.02. The number of amides is 1. The van der Waals surface area contributed by atoms with Gasteiger partial charge in [-0.25, -0.2) is 4.98 Å². The number of hydrogen-bond donors (Lipinski definition) is 0. The van der Waals surface area contributed by atoms with Crippen LogP contribution in [0.3, 0.4) is 0 Å². The maximum Gasteiger partial charge on any atom is 0.266 e. The number of halogens is 1. The van der Waals surface area contributed by atoms with E-state index < -0.39 is 0 Å². The second-order valence-corrected chi connectivity index (χ2v) is 8.55. The van der Waals surface area contributed by atoms with E-state index in [-0.39, 0.29) is 11.9 Å². The van der Waals surface area contributed by atoms with Crippen LogP contribution >= 0.6 is 34.3 Å². The van der Waals surface area contributed by atoms with Crippen molar-refractivity contribution in [2.75, 3.05) is 6.54 Å². The Morgan fingerprint density at radius 1 is 1.29 bits per heavy atom. The van der Waals surface area contributed by atoms with Crippen molar-refractivity contribution in [3.8, 4) is 9.88 Å². The molecule has 4 nitrogen and oxygen atoms in total. The van der Waals surface area contributed by atoms with Crippen molar-refractivity contribution in [1.82, 2.24) is 14.5 Å². The molecule has 4 rings (SSSR count). The Morgan fingerprint density at radius 3 is 2.88 bits per heavy atom. The highest BCUT2D eigenvalue weighted by molar-refractivity contribution is 7.24. The summed E-state index contributed by atoms with van der Waals surface area (Å²) in [6.45, 7) is 5.54. The van der Waals surface area contributed by atoms with Gasteiger partial charge in [0.25, 0.3) is 5.91 Å². The molecular weight excluding hydrogens is 362 g/mol. The molecule has 0 N–H and O–H groups in total. The molecule has 3 aromatic heterocycles. The Labute approximate surface area is 153 Å². The van der Waals surface area contributed by atoms with Crippen LogP contribution in [-0.2, 0) is 6.54 Å². The molecule has 0 spiro atoms. The molecule has 0 bridgehead atoms. The molecule has 1 aliphatic heterocycles. The minimum atomic E-state index is 0.0684. The summed E-state index contributed by atoms with van der Waals surface area (Å²) in [6, 6.07) is 8.01. The first-order valence-electron chi connectivity index (χ1n) is 7.73. The zero-order valence-electron chi connectivity index (χ0n) is 13.3. The molecule has 1 unspecified atom stereocenters. The molecule has 0 aromatic carbocycles. The zero-order valence-corrected chi connectivity index (χ0v) is 15.7. The molecule has 1 atom stereocenters. The fourth-order valence-electron chi connectivity index (χ4n) is 3.12. The van der Waals surface area contributed by atoms with Gasteiger partial charge in [0.05, 0.1) is 20.9 Å². The Kier molecular flexibility index (Phi) is 3.98. The highest BCUT2D eigenvalue weighted by atomic mass is 35.5. The van der Waals surface area contributed by atoms with Crippen molar-refractivity contribution in [1.29, 1.82) is 0 Å². The van der Waals surface area contributed by atoms with Crippen LogP contribution in [0.2, 0.25) is 4.34 Å². The molecule has 0 aliphatic carbocycles. The average Bonchev–Trinajstić information content (AvgIpc) is 3.26. The van der Waals surface area contributed by atoms with Crippen molar-refractivity contribution >= 4 is 40.2 Å². The number of aryl methyl sites for hydroxylation is 1. The van der Waals surface area contributed by atoms with Gasteiger partial charge in [0, 0.05) is 25.0 Å². The van der Waals surface area contributed by atoms with Crippen molar-refractivity contribution in [3.05, 3.63) is 51.1 Å². The fourth-order valence-corrected chi connectivity index (χ4v) is 5.24. The van der Waals surface area contributed by atoms with Crippen LogP contribution in [-0.4, -0.2) is 26.9 Å². The number of aromatic nitrogens is 2. The lowest BCUT2D eigenvalue weighted by Crippen LogP contribution is -2.40. The summed E-state index contributed by atoms with van der Waals surface area (Å²) in [5.41, 5.74) is 1.97. The summed E-state index contributed by atoms with van der Waals surface area (Å²) in [4.78, 5) is 21.3. The molecular formula is C17H16ClN3OS2. The highest BCUT2D eigenvalue weighted by Gasteiger charge is 2.30. The predicted octanol–water partition coefficient (Wildman–Crippen LogP) is 4.85. The number of fused-ring (bicyclic) bond motifs is 1. The summed E-state index contributed by atoms with van der Waals surface area (Å²) in [5.74, 6) is 0.0684. The van der Waals surface area contributed by atoms with Gasteiger partial charge in [-0.05, 0) is 38.1 Å². The van der Waals surface area contributed by atoms with E-state index >= 15 is 0 Å². The summed E-state index contributed by atoms with van der Waals surface area (Å²) in [5, 5.41) is 0.862. The largest absolute Gasteiger partial charge is 0.348 e. The van der Waals surface area contributed by atoms with Crippen LogP contribution < -0.4 is 0 Å². The van der Waals surface area contributed by atoms with Gasteiger partial charge in [-0.3, -0.25) is 4.79 Å². The molecule has 4 heterocycles. The molecule has 0 fully saturated rings. The van der Waals surface area contributed by atoms with Crippen molar-refractivity contribution < 1.29 is 4.79 Å². The van der Waals surface area contributed by atoms with E-state index in [2.05, 4.69) is 28.7 Å². The van der Waals surface area contributed by atoms with Gasteiger partial charge in [-0.2, -0.15) is 0 Å². The lowest BCUT2D eigenvalue weighted by atomic mass is 10.1. The average molecular weight is 378 g/mol. The lowest BCUT2D eigenvalue weighted by Gasteiger charge is -2.34. The van der Waals surface area contributed by atoms with E-state index in [1.54, 1.807) is 0 Å². The minimum absolute atomic E-state index is 0.0684. The van der Waals surface area contributed by atoms with Crippen molar-refractivity contribution in [3.63, 3.8) is 0 Å². The van der Waals surface area contributed by atoms with E-state index in [1.807, 2.05) is 30.0 Å². The van der Waals surface area contributed by atoms with Crippen LogP contribution in [0.4, 0.5) is 0 Å². The van der Waals surface area contributed by atoms with Crippen molar-refractivity contribution in [2.24, 2.45) is 0 Å². The van der Waals surface area contributed by atoms with Crippen LogP contribution in [0.5, 0.6) is 0 Å². The molecule has 7 heteroatoms. The Hall–Kier alpha value is -1.63. The SMILES string of the molecule is Cc1nc(-c2ccc(Cl)s2)sc1C(=O)N1CCn2cccc2C1C. The van der Waals surface area contributed by atoms with Gasteiger partial charge in [-0.1, -0.05) is 11.6 Å². The number of nitrogens with zero attached hydrogens (tertiary/aromatic N) is 3. The van der Waals surface area contributed by atoms with E-state index in [0.717, 1.165) is 37.9 Å². The minimum Gasteiger partial charge on any atom is -0.348 e. The third-order valence-electron chi connectivity index (χ3n) is 4.38. The van der Waals surface area contributed by atoms with Gasteiger partial charge in [0.1, 0.15) is 9.88 Å². The molecule has 124 valence electrons. The molecule has 0 saturated carbocycles. The van der Waals surface area contributed by atoms with Crippen LogP contribution in [0.15, 0.2) is 30.5 Å². The standard InChI is InChI=1S/C17H16ClN3OS2/c1-10-15(24-16(19-10)13-5-6-14(18)23-13)17(22)21-9-8-20-7-3-4-12(20)11(21)2/h3-7,11H,8-9H2,1-2H3. The quantitative estimate of drug-likeness (QED) is 0.640. The zero-order chi connectivity index (χ0) is 16.8. The smallest absolute Gasteiger partial charge is 0.266 e. The first-order valence-corrected chi connectivity index (χ1v) is 9.75. The maximum absolute atomic E-state index is 13.1. The van der Waals surface area contributed by atoms with Crippen LogP contribution in [0.25, 0.3) is 9.88 Å². The number of carbonyl (C=O) groups excluding carboxylic acids is 1. The number of carbonyl (C=O) groups is 1. The Bertz CT molecular complexity index is 911. The second-order valence-electron chi connectivity index (χ2n) is 5.84. The summed E-state index contributed by atoms with van der Waals surface area (Å²) < 4.78 is 2.95. The maximum atomic E-state index is 13.1. The first-order chi connectivity index (χ1) is 11.5. The summed E-state index contributed by atoms with van der Waals surface area (Å²) >= 11 is 8.96. The monoisotopic (exact) mass is 377 g/mol. The van der Waals surface area contributed by atoms with Crippen LogP contribution in [0, 0.1) is 6.92 Å². The normalized spacial score (nSPS) is 17.1. The van der Waals surface area contributed by atoms with E-state index in [4.69, 9.17) is 11.6 Å². The van der Waals surface area contributed by atoms with E-state index in [1.165, 1.54) is 28.4 Å². The summed E-state index contributed by atoms with van der Waals surface area (Å²) in [7, 11) is 0. The molecule has 24 heavy (non-hydrogen) atoms. The van der Waals surface area contributed by atoms with E-state index in [9.17, 15) is 4.79 Å². The van der Waals surface area contributed by atoms with Gasteiger partial charge < -0.3 is 9.47 Å². The molecule has 1 aliphatic rings. The number of hydrogen-bond acceptors (Lipinski definition) is 4.